The van der Waals surface area contributed by atoms with Crippen LogP contribution in [0.25, 0.3) is 5.69 Å². The van der Waals surface area contributed by atoms with Crippen LogP contribution in [0.1, 0.15) is 30.1 Å². The molecule has 1 unspecified atom stereocenters. The zero-order valence-corrected chi connectivity index (χ0v) is 10.9. The number of methoxy groups -OCH3 is 1. The Kier molecular flexibility index (Phi) is 3.03. The molecule has 1 aliphatic rings. The highest BCUT2D eigenvalue weighted by atomic mass is 19.1. The maximum absolute atomic E-state index is 13.3. The minimum atomic E-state index is -0.293. The fraction of sp³-hybridized carbons (Fsp3) is 0.333. The summed E-state index contributed by atoms with van der Waals surface area (Å²) >= 11 is 0. The van der Waals surface area contributed by atoms with Gasteiger partial charge in [0, 0.05) is 24.0 Å². The van der Waals surface area contributed by atoms with Crippen LogP contribution in [0.15, 0.2) is 30.5 Å². The number of aromatic nitrogens is 1. The fourth-order valence-corrected chi connectivity index (χ4v) is 2.80. The van der Waals surface area contributed by atoms with Gasteiger partial charge < -0.3 is 15.0 Å². The molecule has 0 fully saturated rings. The van der Waals surface area contributed by atoms with Gasteiger partial charge in [0.05, 0.1) is 12.8 Å². The van der Waals surface area contributed by atoms with Crippen LogP contribution in [-0.2, 0) is 6.42 Å². The molecule has 2 aromatic rings. The predicted octanol–water partition coefficient (Wildman–Crippen LogP) is 2.96. The van der Waals surface area contributed by atoms with Crippen LogP contribution in [0.5, 0.6) is 5.75 Å². The summed E-state index contributed by atoms with van der Waals surface area (Å²) in [7, 11) is 1.56. The highest BCUT2D eigenvalue weighted by Crippen LogP contribution is 2.33. The average molecular weight is 260 g/mol. The van der Waals surface area contributed by atoms with Crippen molar-refractivity contribution in [1.82, 2.24) is 4.57 Å². The number of fused-ring (bicyclic) bond motifs is 1. The number of nitrogens with zero attached hydrogens (tertiary/aromatic N) is 1. The Bertz CT molecular complexity index is 606. The van der Waals surface area contributed by atoms with Crippen molar-refractivity contribution >= 4 is 0 Å². The normalized spacial score (nSPS) is 18.2. The van der Waals surface area contributed by atoms with Gasteiger partial charge in [0.25, 0.3) is 0 Å². The third-order valence-corrected chi connectivity index (χ3v) is 3.76. The summed E-state index contributed by atoms with van der Waals surface area (Å²) in [6, 6.07) is 6.77. The lowest BCUT2D eigenvalue weighted by atomic mass is 9.93. The summed E-state index contributed by atoms with van der Waals surface area (Å²) in [5.41, 5.74) is 9.39. The van der Waals surface area contributed by atoms with Gasteiger partial charge in [0.2, 0.25) is 0 Å². The molecule has 0 spiro atoms. The molecule has 100 valence electrons. The maximum atomic E-state index is 13.3. The van der Waals surface area contributed by atoms with Gasteiger partial charge in [0.15, 0.2) is 0 Å². The summed E-state index contributed by atoms with van der Waals surface area (Å²) in [4.78, 5) is 0. The van der Waals surface area contributed by atoms with Crippen LogP contribution in [-0.4, -0.2) is 11.7 Å². The molecule has 0 saturated carbocycles. The first-order valence-electron chi connectivity index (χ1n) is 6.50. The molecule has 19 heavy (non-hydrogen) atoms. The predicted molar refractivity (Wildman–Crippen MR) is 72.1 cm³/mol. The van der Waals surface area contributed by atoms with E-state index in [4.69, 9.17) is 10.5 Å². The van der Waals surface area contributed by atoms with Gasteiger partial charge in [-0.05, 0) is 43.0 Å². The molecule has 3 rings (SSSR count). The number of ether oxygens (including phenoxy) is 1. The highest BCUT2D eigenvalue weighted by Gasteiger charge is 2.21. The largest absolute Gasteiger partial charge is 0.494 e. The van der Waals surface area contributed by atoms with Gasteiger partial charge >= 0.3 is 0 Å². The van der Waals surface area contributed by atoms with E-state index in [1.807, 2.05) is 6.20 Å². The summed E-state index contributed by atoms with van der Waals surface area (Å²) < 4.78 is 20.6. The van der Waals surface area contributed by atoms with Crippen LogP contribution in [0.4, 0.5) is 4.39 Å². The number of rotatable bonds is 2. The minimum Gasteiger partial charge on any atom is -0.494 e. The van der Waals surface area contributed by atoms with Gasteiger partial charge in [-0.15, -0.1) is 0 Å². The summed E-state index contributed by atoms with van der Waals surface area (Å²) in [5, 5.41) is 0. The second-order valence-electron chi connectivity index (χ2n) is 4.90. The number of hydrogen-bond donors (Lipinski definition) is 1. The first kappa shape index (κ1) is 12.2. The van der Waals surface area contributed by atoms with Crippen molar-refractivity contribution in [1.29, 1.82) is 0 Å². The van der Waals surface area contributed by atoms with E-state index in [2.05, 4.69) is 10.6 Å². The van der Waals surface area contributed by atoms with E-state index in [1.54, 1.807) is 13.2 Å². The first-order valence-corrected chi connectivity index (χ1v) is 6.50. The second-order valence-corrected chi connectivity index (χ2v) is 4.90. The van der Waals surface area contributed by atoms with Gasteiger partial charge in [-0.1, -0.05) is 0 Å². The van der Waals surface area contributed by atoms with Crippen molar-refractivity contribution in [2.24, 2.45) is 5.73 Å². The smallest absolute Gasteiger partial charge is 0.145 e. The minimum absolute atomic E-state index is 0.108. The summed E-state index contributed by atoms with van der Waals surface area (Å²) in [6.45, 7) is 0. The molecule has 0 saturated heterocycles. The van der Waals surface area contributed by atoms with E-state index >= 15 is 0 Å². The number of nitrogens with two attached hydrogens (primary N) is 1. The quantitative estimate of drug-likeness (QED) is 0.901. The first-order chi connectivity index (χ1) is 9.20. The third kappa shape index (κ3) is 2.02. The van der Waals surface area contributed by atoms with E-state index < -0.39 is 0 Å². The second kappa shape index (κ2) is 4.70. The van der Waals surface area contributed by atoms with E-state index in [1.165, 1.54) is 23.4 Å². The third-order valence-electron chi connectivity index (χ3n) is 3.76. The average Bonchev–Trinajstić information content (AvgIpc) is 2.84. The molecular formula is C15H17FN2O. The standard InChI is InChI=1S/C15H17FN2O/c1-19-15-9-10(16)5-6-14(15)18-8-7-11-12(17)3-2-4-13(11)18/h5-9,12H,2-4,17H2,1H3. The Balaban J connectivity index is 2.13. The number of hydrogen-bond acceptors (Lipinski definition) is 2. The molecular weight excluding hydrogens is 243 g/mol. The number of halogens is 1. The Morgan fingerprint density at radius 2 is 2.21 bits per heavy atom. The van der Waals surface area contributed by atoms with E-state index in [-0.39, 0.29) is 11.9 Å². The highest BCUT2D eigenvalue weighted by molar-refractivity contribution is 5.50. The van der Waals surface area contributed by atoms with Gasteiger partial charge in [-0.25, -0.2) is 4.39 Å². The van der Waals surface area contributed by atoms with Crippen molar-refractivity contribution < 1.29 is 9.13 Å². The van der Waals surface area contributed by atoms with Crippen LogP contribution in [0.3, 0.4) is 0 Å². The lowest BCUT2D eigenvalue weighted by molar-refractivity contribution is 0.408. The SMILES string of the molecule is COc1cc(F)ccc1-n1ccc2c1CCCC2N. The molecule has 1 aliphatic carbocycles. The van der Waals surface area contributed by atoms with Crippen LogP contribution >= 0.6 is 0 Å². The Morgan fingerprint density at radius 3 is 3.00 bits per heavy atom. The van der Waals surface area contributed by atoms with Crippen molar-refractivity contribution in [2.75, 3.05) is 7.11 Å². The lowest BCUT2D eigenvalue weighted by Gasteiger charge is -2.21. The van der Waals surface area contributed by atoms with E-state index in [9.17, 15) is 4.39 Å². The molecule has 0 amide bonds. The van der Waals surface area contributed by atoms with Crippen LogP contribution in [0, 0.1) is 5.82 Å². The fourth-order valence-electron chi connectivity index (χ4n) is 2.80. The molecule has 4 heteroatoms. The molecule has 3 nitrogen and oxygen atoms in total. The Labute approximate surface area is 111 Å². The zero-order valence-electron chi connectivity index (χ0n) is 10.9. The molecule has 0 aliphatic heterocycles. The van der Waals surface area contributed by atoms with E-state index in [0.717, 1.165) is 24.9 Å². The monoisotopic (exact) mass is 260 g/mol. The van der Waals surface area contributed by atoms with Gasteiger partial charge in [-0.3, -0.25) is 0 Å². The molecule has 1 aromatic heterocycles. The van der Waals surface area contributed by atoms with Crippen LogP contribution < -0.4 is 10.5 Å². The van der Waals surface area contributed by atoms with Crippen molar-refractivity contribution in [3.8, 4) is 11.4 Å². The molecule has 1 aromatic carbocycles. The molecule has 1 atom stereocenters. The molecule has 0 bridgehead atoms. The molecule has 0 radical (unpaired) electrons. The number of benzene rings is 1. The van der Waals surface area contributed by atoms with Gasteiger partial charge in [-0.2, -0.15) is 0 Å². The zero-order chi connectivity index (χ0) is 13.4. The van der Waals surface area contributed by atoms with Crippen molar-refractivity contribution in [3.63, 3.8) is 0 Å². The molecule has 2 N–H and O–H groups in total. The Morgan fingerprint density at radius 1 is 1.37 bits per heavy atom. The topological polar surface area (TPSA) is 40.2 Å². The van der Waals surface area contributed by atoms with Crippen molar-refractivity contribution in [2.45, 2.75) is 25.3 Å². The van der Waals surface area contributed by atoms with Crippen LogP contribution in [0.2, 0.25) is 0 Å². The van der Waals surface area contributed by atoms with Gasteiger partial charge in [0.1, 0.15) is 11.6 Å². The lowest BCUT2D eigenvalue weighted by Crippen LogP contribution is -2.18. The maximum Gasteiger partial charge on any atom is 0.145 e. The van der Waals surface area contributed by atoms with E-state index in [0.29, 0.717) is 5.75 Å². The van der Waals surface area contributed by atoms with Crippen molar-refractivity contribution in [3.05, 3.63) is 47.5 Å². The summed E-state index contributed by atoms with van der Waals surface area (Å²) in [6.07, 6.45) is 5.10. The Hall–Kier alpha value is -1.81. The molecule has 1 heterocycles. The summed E-state index contributed by atoms with van der Waals surface area (Å²) in [5.74, 6) is 0.246.